The lowest BCUT2D eigenvalue weighted by molar-refractivity contribution is -0.00518. The Morgan fingerprint density at radius 3 is 2.08 bits per heavy atom. The number of anilines is 4. The predicted molar refractivity (Wildman–Crippen MR) is 146 cm³/mol. The summed E-state index contributed by atoms with van der Waals surface area (Å²) >= 11 is 6.80. The van der Waals surface area contributed by atoms with Crippen LogP contribution in [-0.2, 0) is 10.2 Å². The van der Waals surface area contributed by atoms with Gasteiger partial charge in [0.05, 0.1) is 24.9 Å². The van der Waals surface area contributed by atoms with Crippen molar-refractivity contribution in [2.75, 3.05) is 24.9 Å². The molecule has 1 aromatic heterocycles. The maximum atomic E-state index is 12.0. The van der Waals surface area contributed by atoms with Crippen molar-refractivity contribution in [3.63, 3.8) is 0 Å². The molecule has 6 nitrogen and oxygen atoms in total. The number of rotatable bonds is 7. The van der Waals surface area contributed by atoms with Crippen molar-refractivity contribution >= 4 is 40.5 Å². The van der Waals surface area contributed by atoms with Gasteiger partial charge in [-0.25, -0.2) is 9.78 Å². The summed E-state index contributed by atoms with van der Waals surface area (Å²) in [5.74, 6) is 3.07. The van der Waals surface area contributed by atoms with Crippen LogP contribution in [0, 0.1) is 17.8 Å². The summed E-state index contributed by atoms with van der Waals surface area (Å²) in [5, 5.41) is 7.45. The van der Waals surface area contributed by atoms with Crippen molar-refractivity contribution in [3.05, 3.63) is 70.9 Å². The van der Waals surface area contributed by atoms with Gasteiger partial charge in [-0.2, -0.15) is 0 Å². The normalized spacial score (nSPS) is 25.5. The van der Waals surface area contributed by atoms with E-state index in [0.717, 1.165) is 39.8 Å². The van der Waals surface area contributed by atoms with Crippen LogP contribution in [0.3, 0.4) is 0 Å². The molecule has 0 unspecified atom stereocenters. The summed E-state index contributed by atoms with van der Waals surface area (Å²) in [6.07, 6.45) is 8.33. The van der Waals surface area contributed by atoms with Gasteiger partial charge in [-0.1, -0.05) is 17.7 Å². The molecule has 4 fully saturated rings. The number of methoxy groups -OCH3 is 2. The summed E-state index contributed by atoms with van der Waals surface area (Å²) in [5.41, 5.74) is 4.58. The van der Waals surface area contributed by atoms with Crippen LogP contribution >= 0.6 is 11.6 Å². The molecular formula is C30H32ClN3O3. The van der Waals surface area contributed by atoms with Gasteiger partial charge in [0.15, 0.2) is 11.4 Å². The number of nitrogens with zero attached hydrogens (tertiary/aromatic N) is 1. The van der Waals surface area contributed by atoms with E-state index in [1.807, 2.05) is 24.3 Å². The van der Waals surface area contributed by atoms with Crippen LogP contribution in [0.2, 0.25) is 5.02 Å². The van der Waals surface area contributed by atoms with Gasteiger partial charge >= 0.3 is 5.97 Å². The molecule has 37 heavy (non-hydrogen) atoms. The van der Waals surface area contributed by atoms with Crippen molar-refractivity contribution in [2.24, 2.45) is 17.8 Å². The molecule has 0 spiro atoms. The fourth-order valence-electron chi connectivity index (χ4n) is 7.27. The lowest BCUT2D eigenvalue weighted by Gasteiger charge is -2.57. The maximum absolute atomic E-state index is 12.0. The van der Waals surface area contributed by atoms with Crippen LogP contribution in [0.15, 0.2) is 54.6 Å². The van der Waals surface area contributed by atoms with E-state index >= 15 is 0 Å². The Morgan fingerprint density at radius 1 is 0.892 bits per heavy atom. The molecule has 3 aromatic rings. The van der Waals surface area contributed by atoms with Gasteiger partial charge < -0.3 is 20.1 Å². The van der Waals surface area contributed by atoms with Crippen molar-refractivity contribution in [3.8, 4) is 5.75 Å². The molecule has 7 rings (SSSR count). The molecule has 4 aliphatic rings. The zero-order valence-corrected chi connectivity index (χ0v) is 22.0. The number of benzene rings is 2. The van der Waals surface area contributed by atoms with Crippen molar-refractivity contribution in [1.29, 1.82) is 0 Å². The van der Waals surface area contributed by atoms with E-state index in [0.29, 0.717) is 17.0 Å². The number of pyridine rings is 1. The zero-order chi connectivity index (χ0) is 25.6. The third-order valence-electron chi connectivity index (χ3n) is 8.51. The molecule has 192 valence electrons. The number of hydrogen-bond donors (Lipinski definition) is 2. The third kappa shape index (κ3) is 4.63. The Bertz CT molecular complexity index is 1290. The smallest absolute Gasteiger partial charge is 0.360 e. The molecule has 0 aliphatic heterocycles. The first kappa shape index (κ1) is 24.1. The van der Waals surface area contributed by atoms with Gasteiger partial charge in [-0.05, 0) is 116 Å². The Hall–Kier alpha value is -3.25. The van der Waals surface area contributed by atoms with E-state index in [4.69, 9.17) is 21.1 Å². The van der Waals surface area contributed by atoms with Crippen LogP contribution in [0.1, 0.15) is 54.6 Å². The predicted octanol–water partition coefficient (Wildman–Crippen LogP) is 7.49. The zero-order valence-electron chi connectivity index (χ0n) is 21.2. The highest BCUT2D eigenvalue weighted by atomic mass is 35.5. The molecule has 1 heterocycles. The van der Waals surface area contributed by atoms with Crippen LogP contribution in [-0.4, -0.2) is 25.2 Å². The first-order valence-corrected chi connectivity index (χ1v) is 13.4. The second-order valence-electron chi connectivity index (χ2n) is 11.0. The van der Waals surface area contributed by atoms with Crippen LogP contribution < -0.4 is 15.4 Å². The fraction of sp³-hybridized carbons (Fsp3) is 0.400. The molecule has 0 radical (unpaired) electrons. The van der Waals surface area contributed by atoms with E-state index in [1.165, 1.54) is 58.3 Å². The highest BCUT2D eigenvalue weighted by molar-refractivity contribution is 6.33. The SMILES string of the molecule is COC(=O)c1nc(Nc2ccc(Nc3ccc(C45CC6CC(CC(C6)C4)C5)cc3Cl)cc2)ccc1OC. The Labute approximate surface area is 222 Å². The summed E-state index contributed by atoms with van der Waals surface area (Å²) in [4.78, 5) is 16.4. The second-order valence-corrected chi connectivity index (χ2v) is 11.4. The van der Waals surface area contributed by atoms with Crippen molar-refractivity contribution < 1.29 is 14.3 Å². The average Bonchev–Trinajstić information content (AvgIpc) is 2.89. The molecule has 4 aliphatic carbocycles. The van der Waals surface area contributed by atoms with E-state index in [1.54, 1.807) is 12.1 Å². The second kappa shape index (κ2) is 9.56. The first-order chi connectivity index (χ1) is 17.9. The fourth-order valence-corrected chi connectivity index (χ4v) is 7.50. The number of nitrogens with one attached hydrogen (secondary N) is 2. The van der Waals surface area contributed by atoms with Gasteiger partial charge in [0, 0.05) is 11.4 Å². The number of aromatic nitrogens is 1. The monoisotopic (exact) mass is 517 g/mol. The van der Waals surface area contributed by atoms with E-state index in [-0.39, 0.29) is 5.69 Å². The highest BCUT2D eigenvalue weighted by Gasteiger charge is 2.51. The lowest BCUT2D eigenvalue weighted by atomic mass is 9.48. The topological polar surface area (TPSA) is 72.5 Å². The minimum Gasteiger partial charge on any atom is -0.494 e. The largest absolute Gasteiger partial charge is 0.494 e. The molecule has 4 saturated carbocycles. The molecule has 2 N–H and O–H groups in total. The molecule has 0 amide bonds. The Kier molecular flexibility index (Phi) is 6.23. The van der Waals surface area contributed by atoms with E-state index in [9.17, 15) is 4.79 Å². The molecule has 2 aromatic carbocycles. The van der Waals surface area contributed by atoms with Gasteiger partial charge in [0.1, 0.15) is 5.82 Å². The number of hydrogen-bond acceptors (Lipinski definition) is 6. The number of carbonyl (C=O) groups excluding carboxylic acids is 1. The summed E-state index contributed by atoms with van der Waals surface area (Å²) < 4.78 is 10.0. The molecular weight excluding hydrogens is 486 g/mol. The van der Waals surface area contributed by atoms with Crippen LogP contribution in [0.5, 0.6) is 5.75 Å². The quantitative estimate of drug-likeness (QED) is 0.316. The summed E-state index contributed by atoms with van der Waals surface area (Å²) in [6.45, 7) is 0. The van der Waals surface area contributed by atoms with Crippen molar-refractivity contribution in [2.45, 2.75) is 43.9 Å². The number of halogens is 1. The Morgan fingerprint density at radius 2 is 1.51 bits per heavy atom. The molecule has 7 heteroatoms. The highest BCUT2D eigenvalue weighted by Crippen LogP contribution is 2.61. The van der Waals surface area contributed by atoms with Gasteiger partial charge in [0.25, 0.3) is 0 Å². The standard InChI is InChI=1S/C30H32ClN3O3/c1-36-26-9-10-27(34-28(26)29(35)37-2)33-23-6-4-22(5-7-23)32-25-8-3-21(14-24(25)31)30-15-18-11-19(16-30)13-20(12-18)17-30/h3-10,14,18-20,32H,11-13,15-17H2,1-2H3,(H,33,34). The van der Waals surface area contributed by atoms with E-state index in [2.05, 4.69) is 33.8 Å². The third-order valence-corrected chi connectivity index (χ3v) is 8.83. The lowest BCUT2D eigenvalue weighted by Crippen LogP contribution is -2.48. The summed E-state index contributed by atoms with van der Waals surface area (Å²) in [7, 11) is 2.81. The van der Waals surface area contributed by atoms with Crippen LogP contribution in [0.25, 0.3) is 0 Å². The number of ether oxygens (including phenoxy) is 2. The molecule has 4 bridgehead atoms. The number of esters is 1. The maximum Gasteiger partial charge on any atom is 0.360 e. The summed E-state index contributed by atoms with van der Waals surface area (Å²) in [6, 6.07) is 17.9. The average molecular weight is 518 g/mol. The molecule has 0 atom stereocenters. The Balaban J connectivity index is 1.15. The van der Waals surface area contributed by atoms with E-state index < -0.39 is 5.97 Å². The number of carbonyl (C=O) groups is 1. The minimum absolute atomic E-state index is 0.125. The van der Waals surface area contributed by atoms with Crippen LogP contribution in [0.4, 0.5) is 22.9 Å². The van der Waals surface area contributed by atoms with Gasteiger partial charge in [-0.15, -0.1) is 0 Å². The van der Waals surface area contributed by atoms with Gasteiger partial charge in [-0.3, -0.25) is 0 Å². The minimum atomic E-state index is -0.550. The molecule has 0 saturated heterocycles. The van der Waals surface area contributed by atoms with Gasteiger partial charge in [0.2, 0.25) is 0 Å². The van der Waals surface area contributed by atoms with Crippen molar-refractivity contribution in [1.82, 2.24) is 4.98 Å². The first-order valence-electron chi connectivity index (χ1n) is 13.0.